The van der Waals surface area contributed by atoms with Crippen LogP contribution in [-0.4, -0.2) is 24.6 Å². The normalized spacial score (nSPS) is 10.2. The Kier molecular flexibility index (Phi) is 7.53. The fraction of sp³-hybridized carbons (Fsp3) is 0.125. The van der Waals surface area contributed by atoms with E-state index in [1.165, 1.54) is 42.5 Å². The summed E-state index contributed by atoms with van der Waals surface area (Å²) in [7, 11) is 0. The van der Waals surface area contributed by atoms with Crippen LogP contribution < -0.4 is 15.4 Å². The van der Waals surface area contributed by atoms with Crippen LogP contribution in [0.15, 0.2) is 72.8 Å². The van der Waals surface area contributed by atoms with Crippen LogP contribution in [0.2, 0.25) is 0 Å². The van der Waals surface area contributed by atoms with Crippen LogP contribution in [0, 0.1) is 5.82 Å². The number of hydrogen-bond donors (Lipinski definition) is 2. The highest BCUT2D eigenvalue weighted by Gasteiger charge is 2.12. The second-order valence-electron chi connectivity index (χ2n) is 6.61. The van der Waals surface area contributed by atoms with Crippen LogP contribution in [0.4, 0.5) is 14.9 Å². The maximum Gasteiger partial charge on any atom is 0.513 e. The standard InChI is InChI=1S/C24H21FN2O5/c1-2-31-24(30)32-20-12-10-16(11-13-20)23(29)27-21-9-4-3-6-18(21)15-26-22(28)17-7-5-8-19(25)14-17/h3-14H,2,15H2,1H3,(H,26,28)(H,27,29). The molecule has 0 saturated heterocycles. The van der Waals surface area contributed by atoms with Crippen LogP contribution in [0.25, 0.3) is 0 Å². The highest BCUT2D eigenvalue weighted by molar-refractivity contribution is 6.04. The molecule has 0 spiro atoms. The quantitative estimate of drug-likeness (QED) is 0.419. The van der Waals surface area contributed by atoms with Crippen LogP contribution >= 0.6 is 0 Å². The van der Waals surface area contributed by atoms with Crippen molar-refractivity contribution in [1.82, 2.24) is 5.32 Å². The fourth-order valence-corrected chi connectivity index (χ4v) is 2.82. The lowest BCUT2D eigenvalue weighted by Gasteiger charge is -2.12. The number of carbonyl (C=O) groups is 3. The van der Waals surface area contributed by atoms with E-state index in [0.29, 0.717) is 16.8 Å². The number of para-hydroxylation sites is 1. The molecule has 0 aliphatic rings. The number of ether oxygens (including phenoxy) is 2. The largest absolute Gasteiger partial charge is 0.513 e. The molecule has 0 aromatic heterocycles. The van der Waals surface area contributed by atoms with Gasteiger partial charge in [0.1, 0.15) is 11.6 Å². The molecule has 0 unspecified atom stereocenters. The maximum absolute atomic E-state index is 13.3. The first-order valence-corrected chi connectivity index (χ1v) is 9.84. The minimum Gasteiger partial charge on any atom is -0.434 e. The van der Waals surface area contributed by atoms with E-state index >= 15 is 0 Å². The van der Waals surface area contributed by atoms with Gasteiger partial charge in [0.25, 0.3) is 11.8 Å². The first kappa shape index (κ1) is 22.5. The van der Waals surface area contributed by atoms with Gasteiger partial charge in [0.05, 0.1) is 6.61 Å². The second-order valence-corrected chi connectivity index (χ2v) is 6.61. The van der Waals surface area contributed by atoms with E-state index in [1.54, 1.807) is 31.2 Å². The van der Waals surface area contributed by atoms with E-state index in [1.807, 2.05) is 0 Å². The number of halogens is 1. The van der Waals surface area contributed by atoms with Gasteiger partial charge in [-0.15, -0.1) is 0 Å². The van der Waals surface area contributed by atoms with Gasteiger partial charge >= 0.3 is 6.16 Å². The Morgan fingerprint density at radius 1 is 0.875 bits per heavy atom. The predicted molar refractivity (Wildman–Crippen MR) is 116 cm³/mol. The Balaban J connectivity index is 1.63. The monoisotopic (exact) mass is 436 g/mol. The lowest BCUT2D eigenvalue weighted by molar-refractivity contribution is 0.0949. The Labute approximate surface area is 184 Å². The van der Waals surface area contributed by atoms with Crippen molar-refractivity contribution in [2.75, 3.05) is 11.9 Å². The minimum absolute atomic E-state index is 0.137. The molecule has 0 bridgehead atoms. The number of hydrogen-bond acceptors (Lipinski definition) is 5. The van der Waals surface area contributed by atoms with Gasteiger partial charge < -0.3 is 20.1 Å². The molecule has 8 heteroatoms. The number of benzene rings is 3. The molecule has 0 atom stereocenters. The number of anilines is 1. The Morgan fingerprint density at radius 3 is 2.34 bits per heavy atom. The summed E-state index contributed by atoms with van der Waals surface area (Å²) in [6, 6.07) is 18.4. The van der Waals surface area contributed by atoms with Gasteiger partial charge in [-0.05, 0) is 61.0 Å². The van der Waals surface area contributed by atoms with Crippen LogP contribution in [0.1, 0.15) is 33.2 Å². The number of rotatable bonds is 7. The van der Waals surface area contributed by atoms with Crippen molar-refractivity contribution < 1.29 is 28.2 Å². The van der Waals surface area contributed by atoms with Gasteiger partial charge in [0, 0.05) is 23.4 Å². The van der Waals surface area contributed by atoms with E-state index in [0.717, 1.165) is 6.07 Å². The third kappa shape index (κ3) is 6.15. The summed E-state index contributed by atoms with van der Waals surface area (Å²) in [5.41, 5.74) is 1.74. The zero-order valence-corrected chi connectivity index (χ0v) is 17.3. The molecule has 0 aliphatic carbocycles. The smallest absolute Gasteiger partial charge is 0.434 e. The fourth-order valence-electron chi connectivity index (χ4n) is 2.82. The molecular formula is C24H21FN2O5. The summed E-state index contributed by atoms with van der Waals surface area (Å²) >= 11 is 0. The van der Waals surface area contributed by atoms with Gasteiger partial charge in [-0.3, -0.25) is 9.59 Å². The highest BCUT2D eigenvalue weighted by Crippen LogP contribution is 2.18. The van der Waals surface area contributed by atoms with Crippen molar-refractivity contribution in [3.63, 3.8) is 0 Å². The lowest BCUT2D eigenvalue weighted by Crippen LogP contribution is -2.24. The molecule has 7 nitrogen and oxygen atoms in total. The average Bonchev–Trinajstić information content (AvgIpc) is 2.79. The summed E-state index contributed by atoms with van der Waals surface area (Å²) in [6.45, 7) is 2.00. The molecule has 0 heterocycles. The number of amides is 2. The topological polar surface area (TPSA) is 93.7 Å². The van der Waals surface area contributed by atoms with Crippen molar-refractivity contribution in [1.29, 1.82) is 0 Å². The summed E-state index contributed by atoms with van der Waals surface area (Å²) < 4.78 is 23.0. The Morgan fingerprint density at radius 2 is 1.62 bits per heavy atom. The molecule has 2 amide bonds. The van der Waals surface area contributed by atoms with E-state index in [4.69, 9.17) is 9.47 Å². The zero-order valence-electron chi connectivity index (χ0n) is 17.3. The molecule has 32 heavy (non-hydrogen) atoms. The minimum atomic E-state index is -0.820. The molecular weight excluding hydrogens is 415 g/mol. The van der Waals surface area contributed by atoms with Crippen molar-refractivity contribution >= 4 is 23.7 Å². The first-order valence-electron chi connectivity index (χ1n) is 9.84. The molecule has 2 N–H and O–H groups in total. The predicted octanol–water partition coefficient (Wildman–Crippen LogP) is 4.54. The SMILES string of the molecule is CCOC(=O)Oc1ccc(C(=O)Nc2ccccc2CNC(=O)c2cccc(F)c2)cc1. The van der Waals surface area contributed by atoms with Crippen molar-refractivity contribution in [2.45, 2.75) is 13.5 Å². The Bertz CT molecular complexity index is 1120. The third-order valence-corrected chi connectivity index (χ3v) is 4.37. The average molecular weight is 436 g/mol. The first-order chi connectivity index (χ1) is 15.5. The van der Waals surface area contributed by atoms with Gasteiger partial charge in [-0.2, -0.15) is 0 Å². The summed E-state index contributed by atoms with van der Waals surface area (Å²) in [5, 5.41) is 5.51. The highest BCUT2D eigenvalue weighted by atomic mass is 19.1. The van der Waals surface area contributed by atoms with E-state index in [-0.39, 0.29) is 30.4 Å². The van der Waals surface area contributed by atoms with Gasteiger partial charge in [0.2, 0.25) is 0 Å². The molecule has 0 saturated carbocycles. The third-order valence-electron chi connectivity index (χ3n) is 4.37. The van der Waals surface area contributed by atoms with E-state index in [2.05, 4.69) is 10.6 Å². The van der Waals surface area contributed by atoms with Crippen LogP contribution in [-0.2, 0) is 11.3 Å². The summed E-state index contributed by atoms with van der Waals surface area (Å²) in [5.74, 6) is -1.05. The van der Waals surface area contributed by atoms with Gasteiger partial charge in [-0.1, -0.05) is 24.3 Å². The van der Waals surface area contributed by atoms with E-state index < -0.39 is 17.9 Å². The molecule has 164 valence electrons. The van der Waals surface area contributed by atoms with Gasteiger partial charge in [0.15, 0.2) is 0 Å². The molecule has 0 aliphatic heterocycles. The molecule has 3 aromatic carbocycles. The second kappa shape index (κ2) is 10.7. The number of carbonyl (C=O) groups excluding carboxylic acids is 3. The van der Waals surface area contributed by atoms with Crippen LogP contribution in [0.3, 0.4) is 0 Å². The van der Waals surface area contributed by atoms with E-state index in [9.17, 15) is 18.8 Å². The van der Waals surface area contributed by atoms with Crippen LogP contribution in [0.5, 0.6) is 5.75 Å². The Hall–Kier alpha value is -4.20. The van der Waals surface area contributed by atoms with Gasteiger partial charge in [-0.25, -0.2) is 9.18 Å². The summed E-state index contributed by atoms with van der Waals surface area (Å²) in [4.78, 5) is 36.2. The molecule has 0 radical (unpaired) electrons. The van der Waals surface area contributed by atoms with Crippen molar-refractivity contribution in [2.24, 2.45) is 0 Å². The van der Waals surface area contributed by atoms with Crippen molar-refractivity contribution in [3.8, 4) is 5.75 Å². The number of nitrogens with one attached hydrogen (secondary N) is 2. The maximum atomic E-state index is 13.3. The zero-order chi connectivity index (χ0) is 22.9. The lowest BCUT2D eigenvalue weighted by atomic mass is 10.1. The molecule has 3 aromatic rings. The van der Waals surface area contributed by atoms with Crippen molar-refractivity contribution in [3.05, 3.63) is 95.3 Å². The molecule has 0 fully saturated rings. The molecule has 3 rings (SSSR count). The summed E-state index contributed by atoms with van der Waals surface area (Å²) in [6.07, 6.45) is -0.820.